The van der Waals surface area contributed by atoms with Gasteiger partial charge in [-0.05, 0) is 26.3 Å². The molecule has 0 radical (unpaired) electrons. The van der Waals surface area contributed by atoms with Crippen LogP contribution in [0.15, 0.2) is 30.3 Å². The van der Waals surface area contributed by atoms with E-state index in [0.717, 1.165) is 4.90 Å². The topological polar surface area (TPSA) is 159 Å². The Morgan fingerprint density at radius 2 is 1.76 bits per heavy atom. The number of urea groups is 1. The predicted molar refractivity (Wildman–Crippen MR) is 125 cm³/mol. The summed E-state index contributed by atoms with van der Waals surface area (Å²) in [5.41, 5.74) is 0.393. The van der Waals surface area contributed by atoms with Crippen molar-refractivity contribution in [2.24, 2.45) is 0 Å². The normalized spacial score (nSPS) is 25.0. The summed E-state index contributed by atoms with van der Waals surface area (Å²) in [7, 11) is 0. The van der Waals surface area contributed by atoms with Crippen LogP contribution in [0, 0.1) is 0 Å². The molecule has 3 heterocycles. The van der Waals surface area contributed by atoms with Gasteiger partial charge in [-0.1, -0.05) is 30.3 Å². The number of thioether (sulfide) groups is 1. The van der Waals surface area contributed by atoms with Crippen LogP contribution < -0.4 is 67.1 Å². The zero-order valence-electron chi connectivity index (χ0n) is 20.9. The number of benzene rings is 1. The number of aliphatic carboxylic acids is 1. The number of β-lactam (4-membered cyclic amide) rings is 1. The molecule has 4 rings (SSSR count). The number of hydrogen-bond acceptors (Lipinski definition) is 8. The maximum absolute atomic E-state index is 13.3. The van der Waals surface area contributed by atoms with Gasteiger partial charge in [0, 0.05) is 24.4 Å². The van der Waals surface area contributed by atoms with E-state index in [9.17, 15) is 33.9 Å². The SMILES string of the molecule is CCN1CCN(C(=O)NC(C(=O)NC2C(=O)N3[C@@H]2SC(C)(C)[C@@H]3C(=O)[O-])c2ccccc2)C(=O)C1=O.[K+]. The van der Waals surface area contributed by atoms with Gasteiger partial charge in [-0.3, -0.25) is 24.1 Å². The Morgan fingerprint density at radius 1 is 1.11 bits per heavy atom. The Labute approximate surface area is 260 Å². The number of carbonyl (C=O) groups excluding carboxylic acids is 6. The van der Waals surface area contributed by atoms with Gasteiger partial charge in [0.1, 0.15) is 17.5 Å². The fourth-order valence-electron chi connectivity index (χ4n) is 4.68. The molecule has 2 unspecified atom stereocenters. The van der Waals surface area contributed by atoms with Crippen LogP contribution in [0.2, 0.25) is 0 Å². The van der Waals surface area contributed by atoms with E-state index in [0.29, 0.717) is 12.1 Å². The monoisotopic (exact) mass is 555 g/mol. The first kappa shape index (κ1) is 29.6. The van der Waals surface area contributed by atoms with E-state index in [-0.39, 0.29) is 64.5 Å². The summed E-state index contributed by atoms with van der Waals surface area (Å²) in [5.74, 6) is -4.44. The van der Waals surface area contributed by atoms with Crippen LogP contribution in [0.4, 0.5) is 4.79 Å². The quantitative estimate of drug-likeness (QED) is 0.202. The average molecular weight is 556 g/mol. The summed E-state index contributed by atoms with van der Waals surface area (Å²) >= 11 is 1.24. The van der Waals surface area contributed by atoms with E-state index in [1.165, 1.54) is 21.6 Å². The third-order valence-electron chi connectivity index (χ3n) is 6.56. The van der Waals surface area contributed by atoms with Crippen molar-refractivity contribution in [1.29, 1.82) is 0 Å². The molecule has 192 valence electrons. The Bertz CT molecular complexity index is 1130. The number of hydrogen-bond donors (Lipinski definition) is 2. The Hall–Kier alpha value is -1.97. The number of fused-ring (bicyclic) bond motifs is 1. The number of piperazine rings is 1. The van der Waals surface area contributed by atoms with Crippen molar-refractivity contribution in [3.05, 3.63) is 35.9 Å². The second kappa shape index (κ2) is 11.4. The molecule has 14 heteroatoms. The van der Waals surface area contributed by atoms with E-state index in [1.807, 2.05) is 0 Å². The van der Waals surface area contributed by atoms with E-state index in [2.05, 4.69) is 10.6 Å². The van der Waals surface area contributed by atoms with Gasteiger partial charge in [-0.25, -0.2) is 4.79 Å². The summed E-state index contributed by atoms with van der Waals surface area (Å²) in [4.78, 5) is 78.6. The predicted octanol–water partition coefficient (Wildman–Crippen LogP) is -4.57. The minimum atomic E-state index is -1.37. The zero-order valence-corrected chi connectivity index (χ0v) is 24.9. The molecule has 3 fully saturated rings. The number of imide groups is 1. The molecule has 1 aromatic rings. The first-order valence-corrected chi connectivity index (χ1v) is 12.3. The van der Waals surface area contributed by atoms with E-state index in [4.69, 9.17) is 0 Å². The number of likely N-dealkylation sites (N-methyl/N-ethyl adjacent to an activating group) is 1. The summed E-state index contributed by atoms with van der Waals surface area (Å²) < 4.78 is -0.820. The first-order valence-electron chi connectivity index (χ1n) is 11.5. The number of amides is 6. The number of carbonyl (C=O) groups is 6. The Balaban J connectivity index is 0.00000380. The van der Waals surface area contributed by atoms with Crippen LogP contribution >= 0.6 is 11.8 Å². The average Bonchev–Trinajstić information content (AvgIpc) is 3.10. The largest absolute Gasteiger partial charge is 1.00 e. The van der Waals surface area contributed by atoms with Gasteiger partial charge >= 0.3 is 69.2 Å². The molecule has 0 aliphatic carbocycles. The molecule has 0 aromatic heterocycles. The molecule has 6 amide bonds. The number of carboxylic acid groups (broad SMARTS) is 1. The van der Waals surface area contributed by atoms with Gasteiger partial charge in [0.05, 0.1) is 12.0 Å². The van der Waals surface area contributed by atoms with Crippen molar-refractivity contribution in [2.75, 3.05) is 19.6 Å². The minimum absolute atomic E-state index is 0. The number of rotatable bonds is 6. The molecule has 3 aliphatic rings. The summed E-state index contributed by atoms with van der Waals surface area (Å²) in [6.45, 7) is 5.58. The van der Waals surface area contributed by atoms with E-state index >= 15 is 0 Å². The molecule has 0 saturated carbocycles. The molecular formula is C23H26KN5O7S. The molecule has 4 atom stereocenters. The zero-order chi connectivity index (χ0) is 26.4. The van der Waals surface area contributed by atoms with Crippen molar-refractivity contribution >= 4 is 47.4 Å². The van der Waals surface area contributed by atoms with Crippen LogP contribution in [0.3, 0.4) is 0 Å². The van der Waals surface area contributed by atoms with Gasteiger partial charge in [0.15, 0.2) is 0 Å². The second-order valence-corrected chi connectivity index (χ2v) is 11.0. The first-order chi connectivity index (χ1) is 17.0. The standard InChI is InChI=1S/C23H27N5O7S.K/c1-4-26-10-11-27(19(32)18(26)31)22(35)25-13(12-8-6-5-7-9-12)16(29)24-14-17(30)28-15(21(33)34)23(2,3)36-20(14)28;/h5-9,13-15,20H,4,10-11H2,1-3H3,(H,24,29)(H,25,35)(H,33,34);/q;+1/p-1/t13?,14?,15-,20+;/m0./s1. The Morgan fingerprint density at radius 3 is 2.35 bits per heavy atom. The van der Waals surface area contributed by atoms with Gasteiger partial charge in [-0.2, -0.15) is 0 Å². The van der Waals surface area contributed by atoms with Crippen molar-refractivity contribution in [2.45, 2.75) is 49.0 Å². The summed E-state index contributed by atoms with van der Waals surface area (Å²) in [5, 5.41) is 16.1. The molecule has 12 nitrogen and oxygen atoms in total. The van der Waals surface area contributed by atoms with Gasteiger partial charge in [-0.15, -0.1) is 11.8 Å². The van der Waals surface area contributed by atoms with Crippen LogP contribution in [0.1, 0.15) is 32.4 Å². The molecule has 2 N–H and O–H groups in total. The van der Waals surface area contributed by atoms with Crippen LogP contribution in [0.25, 0.3) is 0 Å². The molecular weight excluding hydrogens is 529 g/mol. The molecule has 3 saturated heterocycles. The number of carboxylic acids is 1. The molecule has 0 bridgehead atoms. The fraction of sp³-hybridized carbons (Fsp3) is 0.478. The van der Waals surface area contributed by atoms with Gasteiger partial charge in [0.2, 0.25) is 11.8 Å². The molecule has 37 heavy (non-hydrogen) atoms. The minimum Gasteiger partial charge on any atom is -0.548 e. The number of nitrogens with one attached hydrogen (secondary N) is 2. The van der Waals surface area contributed by atoms with Crippen molar-refractivity contribution < 1.29 is 85.3 Å². The van der Waals surface area contributed by atoms with Crippen LogP contribution in [-0.2, 0) is 24.0 Å². The summed E-state index contributed by atoms with van der Waals surface area (Å²) in [6, 6.07) is 3.92. The number of nitrogens with zero attached hydrogens (tertiary/aromatic N) is 3. The van der Waals surface area contributed by atoms with Crippen LogP contribution in [-0.4, -0.2) is 92.2 Å². The molecule has 3 aliphatic heterocycles. The fourth-order valence-corrected chi connectivity index (χ4v) is 6.30. The van der Waals surface area contributed by atoms with E-state index < -0.39 is 63.9 Å². The molecule has 0 spiro atoms. The van der Waals surface area contributed by atoms with Gasteiger partial charge < -0.3 is 30.3 Å². The third kappa shape index (κ3) is 5.45. The maximum atomic E-state index is 13.3. The second-order valence-electron chi connectivity index (χ2n) is 9.20. The van der Waals surface area contributed by atoms with Crippen molar-refractivity contribution in [3.8, 4) is 0 Å². The van der Waals surface area contributed by atoms with Crippen LogP contribution in [0.5, 0.6) is 0 Å². The van der Waals surface area contributed by atoms with Crippen molar-refractivity contribution in [1.82, 2.24) is 25.3 Å². The maximum Gasteiger partial charge on any atom is 1.00 e. The van der Waals surface area contributed by atoms with Crippen molar-refractivity contribution in [3.63, 3.8) is 0 Å². The third-order valence-corrected chi connectivity index (χ3v) is 8.13. The molecule has 1 aromatic carbocycles. The smallest absolute Gasteiger partial charge is 0.548 e. The Kier molecular flexibility index (Phi) is 9.12. The van der Waals surface area contributed by atoms with E-state index in [1.54, 1.807) is 51.1 Å². The van der Waals surface area contributed by atoms with Gasteiger partial charge in [0.25, 0.3) is 0 Å². The summed E-state index contributed by atoms with van der Waals surface area (Å²) in [6.07, 6.45) is 0.